The molecule has 0 saturated carbocycles. The van der Waals surface area contributed by atoms with E-state index in [2.05, 4.69) is 10.6 Å². The number of benzene rings is 2. The van der Waals surface area contributed by atoms with Crippen LogP contribution in [-0.2, 0) is 6.42 Å². The summed E-state index contributed by atoms with van der Waals surface area (Å²) in [4.78, 5) is 13.0. The molecule has 0 unspecified atom stereocenters. The Morgan fingerprint density at radius 2 is 2.00 bits per heavy atom. The molecular formula is C17H20N2O2S. The van der Waals surface area contributed by atoms with Crippen molar-refractivity contribution in [1.82, 2.24) is 5.32 Å². The minimum absolute atomic E-state index is 0.201. The lowest BCUT2D eigenvalue weighted by Gasteiger charge is -2.10. The Kier molecular flexibility index (Phi) is 6.15. The van der Waals surface area contributed by atoms with Crippen LogP contribution >= 0.6 is 11.8 Å². The SMILES string of the molecule is COc1ccccc1CCNC(=O)Nc1cccc(SC)c1. The van der Waals surface area contributed by atoms with Crippen LogP contribution in [0.5, 0.6) is 5.75 Å². The van der Waals surface area contributed by atoms with Gasteiger partial charge in [0.1, 0.15) is 5.75 Å². The van der Waals surface area contributed by atoms with E-state index >= 15 is 0 Å². The van der Waals surface area contributed by atoms with Crippen molar-refractivity contribution in [2.75, 3.05) is 25.2 Å². The van der Waals surface area contributed by atoms with Gasteiger partial charge in [0.15, 0.2) is 0 Å². The minimum Gasteiger partial charge on any atom is -0.496 e. The highest BCUT2D eigenvalue weighted by Crippen LogP contribution is 2.19. The fraction of sp³-hybridized carbons (Fsp3) is 0.235. The molecule has 4 nitrogen and oxygen atoms in total. The van der Waals surface area contributed by atoms with E-state index in [0.29, 0.717) is 6.54 Å². The summed E-state index contributed by atoms with van der Waals surface area (Å²) in [7, 11) is 1.65. The van der Waals surface area contributed by atoms with Crippen LogP contribution in [0.15, 0.2) is 53.4 Å². The first-order chi connectivity index (χ1) is 10.7. The molecule has 2 rings (SSSR count). The molecule has 2 aromatic carbocycles. The molecule has 0 heterocycles. The van der Waals surface area contributed by atoms with Crippen molar-refractivity contribution in [2.24, 2.45) is 0 Å². The van der Waals surface area contributed by atoms with Crippen LogP contribution in [0, 0.1) is 0 Å². The predicted molar refractivity (Wildman–Crippen MR) is 91.9 cm³/mol. The number of carbonyl (C=O) groups is 1. The Morgan fingerprint density at radius 1 is 1.18 bits per heavy atom. The Balaban J connectivity index is 1.82. The second-order valence-electron chi connectivity index (χ2n) is 4.67. The summed E-state index contributed by atoms with van der Waals surface area (Å²) in [5, 5.41) is 5.69. The highest BCUT2D eigenvalue weighted by atomic mass is 32.2. The van der Waals surface area contributed by atoms with E-state index in [1.165, 1.54) is 0 Å². The maximum Gasteiger partial charge on any atom is 0.319 e. The standard InChI is InChI=1S/C17H20N2O2S/c1-21-16-9-4-3-6-13(16)10-11-18-17(20)19-14-7-5-8-15(12-14)22-2/h3-9,12H,10-11H2,1-2H3,(H2,18,19,20). The lowest BCUT2D eigenvalue weighted by molar-refractivity contribution is 0.252. The minimum atomic E-state index is -0.201. The van der Waals surface area contributed by atoms with E-state index < -0.39 is 0 Å². The molecule has 5 heteroatoms. The van der Waals surface area contributed by atoms with E-state index in [0.717, 1.165) is 28.3 Å². The molecule has 0 aromatic heterocycles. The number of hydrogen-bond acceptors (Lipinski definition) is 3. The van der Waals surface area contributed by atoms with Crippen molar-refractivity contribution in [3.8, 4) is 5.75 Å². The van der Waals surface area contributed by atoms with Crippen LogP contribution in [0.2, 0.25) is 0 Å². The first-order valence-electron chi connectivity index (χ1n) is 7.03. The number of amides is 2. The third-order valence-electron chi connectivity index (χ3n) is 3.20. The Bertz CT molecular complexity index is 632. The second-order valence-corrected chi connectivity index (χ2v) is 5.55. The van der Waals surface area contributed by atoms with Crippen LogP contribution in [0.25, 0.3) is 0 Å². The number of carbonyl (C=O) groups excluding carboxylic acids is 1. The zero-order valence-electron chi connectivity index (χ0n) is 12.8. The highest BCUT2D eigenvalue weighted by molar-refractivity contribution is 7.98. The Hall–Kier alpha value is -2.14. The molecular weight excluding hydrogens is 296 g/mol. The molecule has 0 spiro atoms. The van der Waals surface area contributed by atoms with Crippen molar-refractivity contribution >= 4 is 23.5 Å². The van der Waals surface area contributed by atoms with Crippen LogP contribution in [0.1, 0.15) is 5.56 Å². The number of ether oxygens (including phenoxy) is 1. The van der Waals surface area contributed by atoms with Gasteiger partial charge < -0.3 is 15.4 Å². The van der Waals surface area contributed by atoms with E-state index in [9.17, 15) is 4.79 Å². The quantitative estimate of drug-likeness (QED) is 0.797. The Morgan fingerprint density at radius 3 is 2.77 bits per heavy atom. The average molecular weight is 316 g/mol. The maximum atomic E-state index is 11.9. The normalized spacial score (nSPS) is 10.1. The van der Waals surface area contributed by atoms with E-state index in [-0.39, 0.29) is 6.03 Å². The van der Waals surface area contributed by atoms with Gasteiger partial charge in [0, 0.05) is 17.1 Å². The lowest BCUT2D eigenvalue weighted by Crippen LogP contribution is -2.30. The first-order valence-corrected chi connectivity index (χ1v) is 8.26. The average Bonchev–Trinajstić information content (AvgIpc) is 2.55. The van der Waals surface area contributed by atoms with E-state index in [4.69, 9.17) is 4.74 Å². The van der Waals surface area contributed by atoms with Crippen LogP contribution in [-0.4, -0.2) is 25.9 Å². The molecule has 0 saturated heterocycles. The van der Waals surface area contributed by atoms with Crippen molar-refractivity contribution in [3.63, 3.8) is 0 Å². The zero-order valence-corrected chi connectivity index (χ0v) is 13.6. The van der Waals surface area contributed by atoms with Gasteiger partial charge in [-0.05, 0) is 42.5 Å². The number of anilines is 1. The summed E-state index contributed by atoms with van der Waals surface area (Å²) < 4.78 is 5.29. The van der Waals surface area contributed by atoms with Gasteiger partial charge in [0.2, 0.25) is 0 Å². The maximum absolute atomic E-state index is 11.9. The van der Waals surface area contributed by atoms with Crippen molar-refractivity contribution in [3.05, 3.63) is 54.1 Å². The topological polar surface area (TPSA) is 50.4 Å². The molecule has 0 aliphatic rings. The van der Waals surface area contributed by atoms with Crippen LogP contribution < -0.4 is 15.4 Å². The molecule has 0 radical (unpaired) electrons. The van der Waals surface area contributed by atoms with Crippen molar-refractivity contribution < 1.29 is 9.53 Å². The number of hydrogen-bond donors (Lipinski definition) is 2. The lowest BCUT2D eigenvalue weighted by atomic mass is 10.1. The third kappa shape index (κ3) is 4.70. The molecule has 0 fully saturated rings. The second kappa shape index (κ2) is 8.34. The number of para-hydroxylation sites is 1. The molecule has 0 atom stereocenters. The molecule has 0 aliphatic carbocycles. The fourth-order valence-electron chi connectivity index (χ4n) is 2.10. The Labute approximate surface area is 135 Å². The first kappa shape index (κ1) is 16.2. The number of methoxy groups -OCH3 is 1. The van der Waals surface area contributed by atoms with E-state index in [1.54, 1.807) is 18.9 Å². The fourth-order valence-corrected chi connectivity index (χ4v) is 2.56. The van der Waals surface area contributed by atoms with Gasteiger partial charge >= 0.3 is 6.03 Å². The van der Waals surface area contributed by atoms with Gasteiger partial charge in [-0.2, -0.15) is 0 Å². The smallest absolute Gasteiger partial charge is 0.319 e. The summed E-state index contributed by atoms with van der Waals surface area (Å²) in [6, 6.07) is 15.4. The number of nitrogens with one attached hydrogen (secondary N) is 2. The van der Waals surface area contributed by atoms with Gasteiger partial charge in [-0.1, -0.05) is 24.3 Å². The van der Waals surface area contributed by atoms with Crippen molar-refractivity contribution in [2.45, 2.75) is 11.3 Å². The number of rotatable bonds is 6. The highest BCUT2D eigenvalue weighted by Gasteiger charge is 2.04. The van der Waals surface area contributed by atoms with Crippen LogP contribution in [0.4, 0.5) is 10.5 Å². The van der Waals surface area contributed by atoms with Crippen LogP contribution in [0.3, 0.4) is 0 Å². The summed E-state index contributed by atoms with van der Waals surface area (Å²) in [5.41, 5.74) is 1.87. The summed E-state index contributed by atoms with van der Waals surface area (Å²) >= 11 is 1.64. The third-order valence-corrected chi connectivity index (χ3v) is 3.93. The van der Waals surface area contributed by atoms with Crippen molar-refractivity contribution in [1.29, 1.82) is 0 Å². The van der Waals surface area contributed by atoms with Gasteiger partial charge in [0.25, 0.3) is 0 Å². The summed E-state index contributed by atoms with van der Waals surface area (Å²) in [5.74, 6) is 0.845. The largest absolute Gasteiger partial charge is 0.496 e. The zero-order chi connectivity index (χ0) is 15.8. The summed E-state index contributed by atoms with van der Waals surface area (Å²) in [6.07, 6.45) is 2.73. The summed E-state index contributed by atoms with van der Waals surface area (Å²) in [6.45, 7) is 0.550. The molecule has 0 aliphatic heterocycles. The molecule has 22 heavy (non-hydrogen) atoms. The van der Waals surface area contributed by atoms with E-state index in [1.807, 2.05) is 54.8 Å². The van der Waals surface area contributed by atoms with Gasteiger partial charge in [0.05, 0.1) is 7.11 Å². The predicted octanol–water partition coefficient (Wildman–Crippen LogP) is 3.78. The van der Waals surface area contributed by atoms with Gasteiger partial charge in [-0.25, -0.2) is 4.79 Å². The molecule has 116 valence electrons. The molecule has 0 bridgehead atoms. The monoisotopic (exact) mass is 316 g/mol. The molecule has 2 N–H and O–H groups in total. The van der Waals surface area contributed by atoms with Gasteiger partial charge in [-0.3, -0.25) is 0 Å². The van der Waals surface area contributed by atoms with Gasteiger partial charge in [-0.15, -0.1) is 11.8 Å². The molecule has 2 amide bonds. The number of thioether (sulfide) groups is 1. The number of urea groups is 1. The molecule has 2 aromatic rings.